The molecule has 6 rings (SSSR count). The second-order valence-electron chi connectivity index (χ2n) is 21.1. The van der Waals surface area contributed by atoms with Gasteiger partial charge in [0.25, 0.3) is 6.47 Å². The smallest absolute Gasteiger partial charge is 0.308 e. The quantitative estimate of drug-likeness (QED) is 0.0691. The zero-order valence-corrected chi connectivity index (χ0v) is 41.3. The second kappa shape index (κ2) is 22.9. The molecule has 0 radical (unpaired) electrons. The fraction of sp³-hybridized carbons (Fsp3) is 0.643. The van der Waals surface area contributed by atoms with Crippen molar-refractivity contribution in [2.45, 2.75) is 220 Å². The van der Waals surface area contributed by atoms with Gasteiger partial charge in [0.05, 0.1) is 12.7 Å². The molecule has 2 atom stereocenters. The molecule has 0 bridgehead atoms. The molecule has 0 aromatic heterocycles. The Morgan fingerprint density at radius 3 is 1.44 bits per heavy atom. The lowest BCUT2D eigenvalue weighted by molar-refractivity contribution is -0.138. The lowest BCUT2D eigenvalue weighted by Gasteiger charge is -2.32. The molecular formula is C56H82O7. The van der Waals surface area contributed by atoms with Crippen LogP contribution in [0.25, 0.3) is 0 Å². The maximum Gasteiger partial charge on any atom is 0.308 e. The molecule has 0 aliphatic heterocycles. The van der Waals surface area contributed by atoms with Crippen molar-refractivity contribution in [2.24, 2.45) is 0 Å². The summed E-state index contributed by atoms with van der Waals surface area (Å²) in [7, 11) is 1.84. The van der Waals surface area contributed by atoms with E-state index >= 15 is 0 Å². The first kappa shape index (κ1) is 50.2. The van der Waals surface area contributed by atoms with Gasteiger partial charge in [-0.3, -0.25) is 9.59 Å². The molecule has 3 aliphatic carbocycles. The van der Waals surface area contributed by atoms with Crippen LogP contribution in [0.5, 0.6) is 17.2 Å². The molecule has 348 valence electrons. The molecule has 3 aromatic rings. The van der Waals surface area contributed by atoms with Crippen LogP contribution < -0.4 is 14.2 Å². The van der Waals surface area contributed by atoms with Gasteiger partial charge in [-0.1, -0.05) is 82.9 Å². The van der Waals surface area contributed by atoms with E-state index in [4.69, 9.17) is 18.9 Å². The van der Waals surface area contributed by atoms with Gasteiger partial charge in [-0.15, -0.1) is 0 Å². The summed E-state index contributed by atoms with van der Waals surface area (Å²) < 4.78 is 29.2. The third kappa shape index (κ3) is 14.3. The van der Waals surface area contributed by atoms with Gasteiger partial charge in [-0.05, 0) is 199 Å². The molecule has 3 aromatic carbocycles. The van der Waals surface area contributed by atoms with Crippen LogP contribution in [0, 0.1) is 20.8 Å². The highest BCUT2D eigenvalue weighted by Gasteiger charge is 2.31. The maximum absolute atomic E-state index is 12.5. The van der Waals surface area contributed by atoms with E-state index in [-0.39, 0.29) is 29.9 Å². The van der Waals surface area contributed by atoms with Crippen molar-refractivity contribution in [2.75, 3.05) is 13.9 Å². The van der Waals surface area contributed by atoms with Crippen molar-refractivity contribution in [1.29, 1.82) is 0 Å². The van der Waals surface area contributed by atoms with E-state index in [1.54, 1.807) is 0 Å². The summed E-state index contributed by atoms with van der Waals surface area (Å²) in [6, 6.07) is 14.3. The van der Waals surface area contributed by atoms with Crippen LogP contribution in [-0.2, 0) is 19.1 Å². The molecule has 2 unspecified atom stereocenters. The van der Waals surface area contributed by atoms with E-state index in [1.807, 2.05) is 27.9 Å². The third-order valence-corrected chi connectivity index (χ3v) is 13.8. The fourth-order valence-corrected chi connectivity index (χ4v) is 10.5. The lowest BCUT2D eigenvalue weighted by atomic mass is 9.74. The summed E-state index contributed by atoms with van der Waals surface area (Å²) in [6.07, 6.45) is 19.6. The fourth-order valence-electron chi connectivity index (χ4n) is 10.5. The summed E-state index contributed by atoms with van der Waals surface area (Å²) in [4.78, 5) is 22.1. The van der Waals surface area contributed by atoms with Crippen LogP contribution in [0.2, 0.25) is 0 Å². The molecule has 3 fully saturated rings. The van der Waals surface area contributed by atoms with E-state index in [2.05, 4.69) is 89.6 Å². The number of carbonyl (C=O) groups is 2. The minimum atomic E-state index is -0.318. The highest BCUT2D eigenvalue weighted by Crippen LogP contribution is 2.48. The van der Waals surface area contributed by atoms with Crippen LogP contribution >= 0.6 is 0 Å². The van der Waals surface area contributed by atoms with E-state index < -0.39 is 0 Å². The molecule has 7 heteroatoms. The molecule has 63 heavy (non-hydrogen) atoms. The van der Waals surface area contributed by atoms with Crippen LogP contribution in [-0.4, -0.2) is 37.5 Å². The number of carbonyl (C=O) groups excluding carboxylic acids is 2. The van der Waals surface area contributed by atoms with Gasteiger partial charge < -0.3 is 23.7 Å². The zero-order valence-electron chi connectivity index (χ0n) is 41.3. The molecule has 0 heterocycles. The van der Waals surface area contributed by atoms with Gasteiger partial charge in [-0.2, -0.15) is 0 Å². The molecular weight excluding hydrogens is 785 g/mol. The number of ether oxygens (including phenoxy) is 5. The first-order valence-electron chi connectivity index (χ1n) is 24.4. The van der Waals surface area contributed by atoms with Gasteiger partial charge in [0.15, 0.2) is 6.79 Å². The molecule has 0 N–H and O–H groups in total. The average molecular weight is 867 g/mol. The van der Waals surface area contributed by atoms with E-state index in [0.717, 1.165) is 36.5 Å². The number of hydrogen-bond donors (Lipinski definition) is 0. The number of aryl methyl sites for hydroxylation is 3. The van der Waals surface area contributed by atoms with E-state index in [1.165, 1.54) is 140 Å². The van der Waals surface area contributed by atoms with Gasteiger partial charge in [0.2, 0.25) is 0 Å². The molecule has 3 saturated carbocycles. The van der Waals surface area contributed by atoms with E-state index in [9.17, 15) is 9.59 Å². The third-order valence-electron chi connectivity index (χ3n) is 13.8. The summed E-state index contributed by atoms with van der Waals surface area (Å²) in [6.45, 7) is 23.1. The average Bonchev–Trinajstić information content (AvgIpc) is 3.23. The van der Waals surface area contributed by atoms with Crippen molar-refractivity contribution in [3.63, 3.8) is 0 Å². The Balaban J connectivity index is 0.000000985. The Hall–Kier alpha value is -3.84. The number of methoxy groups -OCH3 is 1. The van der Waals surface area contributed by atoms with Crippen molar-refractivity contribution in [3.8, 4) is 17.2 Å². The Morgan fingerprint density at radius 1 is 0.619 bits per heavy atom. The van der Waals surface area contributed by atoms with Gasteiger partial charge in [0, 0.05) is 12.8 Å². The molecule has 3 aliphatic rings. The Morgan fingerprint density at radius 2 is 1.03 bits per heavy atom. The molecule has 7 nitrogen and oxygen atoms in total. The molecule has 0 saturated heterocycles. The first-order chi connectivity index (χ1) is 29.9. The summed E-state index contributed by atoms with van der Waals surface area (Å²) >= 11 is 0. The van der Waals surface area contributed by atoms with Crippen molar-refractivity contribution in [3.05, 3.63) is 86.5 Å². The Labute approximate surface area is 381 Å². The lowest BCUT2D eigenvalue weighted by Crippen LogP contribution is -2.22. The molecule has 0 spiro atoms. The summed E-state index contributed by atoms with van der Waals surface area (Å²) in [5.41, 5.74) is 11.3. The Kier molecular flexibility index (Phi) is 18.2. The second-order valence-corrected chi connectivity index (χ2v) is 21.1. The highest BCUT2D eigenvalue weighted by atomic mass is 16.7. The monoisotopic (exact) mass is 867 g/mol. The number of rotatable bonds is 14. The van der Waals surface area contributed by atoms with Crippen molar-refractivity contribution >= 4 is 12.4 Å². The van der Waals surface area contributed by atoms with Crippen molar-refractivity contribution in [1.82, 2.24) is 0 Å². The standard InChI is InChI=1S/C51H72O5.C5H10O2/c1-33(41-29-44(38-19-13-10-14-20-38)48(53-9)26-34(41)2)25-47(43-31-46(40-23-17-12-18-24-40)50(28-36(43)4)56-37(5)52)42-30-45(39-21-15-11-16-22-39)49(27-35(42)3)54-32-55-51(6,7)8;1-5(2,3)7-4-6/h26-31,33,38-40,47H,10-25,32H2,1-9H3;4H,1-3H3. The number of benzene rings is 3. The normalized spacial score (nSPS) is 17.8. The largest absolute Gasteiger partial charge is 0.496 e. The van der Waals surface area contributed by atoms with Crippen LogP contribution in [0.15, 0.2) is 36.4 Å². The SMILES string of the molecule is CC(C)(C)OC=O.COc1cc(C)c(C(C)CC(c2cc(C3CCCCC3)c(OCOC(C)(C)C)cc2C)c2cc(C3CCCCC3)c(OC(C)=O)cc2C)cc1C1CCCCC1. The van der Waals surface area contributed by atoms with E-state index in [0.29, 0.717) is 30.1 Å². The summed E-state index contributed by atoms with van der Waals surface area (Å²) in [5, 5.41) is 0. The topological polar surface area (TPSA) is 80.3 Å². The van der Waals surface area contributed by atoms with Gasteiger partial charge in [-0.25, -0.2) is 0 Å². The van der Waals surface area contributed by atoms with Crippen LogP contribution in [0.3, 0.4) is 0 Å². The van der Waals surface area contributed by atoms with Crippen LogP contribution in [0.1, 0.15) is 238 Å². The van der Waals surface area contributed by atoms with Crippen LogP contribution in [0.4, 0.5) is 0 Å². The number of hydrogen-bond acceptors (Lipinski definition) is 7. The predicted molar refractivity (Wildman–Crippen MR) is 257 cm³/mol. The highest BCUT2D eigenvalue weighted by molar-refractivity contribution is 5.70. The molecule has 0 amide bonds. The summed E-state index contributed by atoms with van der Waals surface area (Å²) in [5.74, 6) is 4.40. The van der Waals surface area contributed by atoms with Gasteiger partial charge >= 0.3 is 5.97 Å². The predicted octanol–water partition coefficient (Wildman–Crippen LogP) is 15.1. The Bertz CT molecular complexity index is 1950. The van der Waals surface area contributed by atoms with Crippen molar-refractivity contribution < 1.29 is 33.3 Å². The maximum atomic E-state index is 12.5. The minimum absolute atomic E-state index is 0.139. The van der Waals surface area contributed by atoms with Gasteiger partial charge in [0.1, 0.15) is 22.8 Å². The number of esters is 1. The first-order valence-corrected chi connectivity index (χ1v) is 24.4. The minimum Gasteiger partial charge on any atom is -0.496 e. The zero-order chi connectivity index (χ0) is 45.9.